The molecule has 1 N–H and O–H groups in total. The fourth-order valence-electron chi connectivity index (χ4n) is 2.93. The molecule has 1 amide bonds. The summed E-state index contributed by atoms with van der Waals surface area (Å²) in [6.45, 7) is 3.44. The van der Waals surface area contributed by atoms with Gasteiger partial charge in [-0.25, -0.2) is 4.98 Å². The highest BCUT2D eigenvalue weighted by molar-refractivity contribution is 5.88. The molecule has 0 aliphatic heterocycles. The summed E-state index contributed by atoms with van der Waals surface area (Å²) in [5.74, 6) is 0.497. The molecule has 0 bridgehead atoms. The second kappa shape index (κ2) is 6.40. The molecule has 6 heteroatoms. The molecule has 4 aromatic rings. The van der Waals surface area contributed by atoms with Crippen molar-refractivity contribution in [2.75, 3.05) is 5.32 Å². The Kier molecular flexibility index (Phi) is 3.93. The van der Waals surface area contributed by atoms with E-state index >= 15 is 0 Å². The number of hydrogen-bond acceptors (Lipinski definition) is 4. The number of rotatable bonds is 3. The van der Waals surface area contributed by atoms with Gasteiger partial charge in [-0.15, -0.1) is 0 Å². The smallest absolute Gasteiger partial charge is 0.222 e. The van der Waals surface area contributed by atoms with Crippen LogP contribution in [0.2, 0.25) is 0 Å². The molecule has 4 heterocycles. The minimum atomic E-state index is -0.136. The molecule has 0 fully saturated rings. The zero-order valence-electron chi connectivity index (χ0n) is 14.5. The van der Waals surface area contributed by atoms with Crippen molar-refractivity contribution in [1.29, 1.82) is 0 Å². The topological polar surface area (TPSA) is 72.2 Å². The molecule has 0 radical (unpaired) electrons. The molecule has 0 atom stereocenters. The van der Waals surface area contributed by atoms with E-state index in [-0.39, 0.29) is 5.91 Å². The molecule has 26 heavy (non-hydrogen) atoms. The summed E-state index contributed by atoms with van der Waals surface area (Å²) in [7, 11) is 0. The number of fused-ring (bicyclic) bond motifs is 1. The van der Waals surface area contributed by atoms with E-state index in [0.717, 1.165) is 33.9 Å². The van der Waals surface area contributed by atoms with Gasteiger partial charge < -0.3 is 5.32 Å². The van der Waals surface area contributed by atoms with Crippen molar-refractivity contribution in [3.63, 3.8) is 0 Å². The van der Waals surface area contributed by atoms with Gasteiger partial charge in [-0.3, -0.25) is 19.2 Å². The summed E-state index contributed by atoms with van der Waals surface area (Å²) in [5.41, 5.74) is 5.28. The van der Waals surface area contributed by atoms with Crippen molar-refractivity contribution in [3.8, 4) is 22.5 Å². The molecule has 0 unspecified atom stereocenters. The fourth-order valence-corrected chi connectivity index (χ4v) is 2.93. The fraction of sp³-hybridized carbons (Fsp3) is 0.100. The first-order chi connectivity index (χ1) is 12.6. The van der Waals surface area contributed by atoms with E-state index in [2.05, 4.69) is 20.3 Å². The second-order valence-corrected chi connectivity index (χ2v) is 6.03. The Labute approximate surface area is 150 Å². The number of imidazole rings is 1. The minimum Gasteiger partial charge on any atom is -0.311 e. The normalized spacial score (nSPS) is 10.8. The summed E-state index contributed by atoms with van der Waals surface area (Å²) in [6.07, 6.45) is 5.36. The first-order valence-electron chi connectivity index (χ1n) is 8.26. The third kappa shape index (κ3) is 2.93. The van der Waals surface area contributed by atoms with Crippen LogP contribution in [0.15, 0.2) is 61.1 Å². The second-order valence-electron chi connectivity index (χ2n) is 6.03. The van der Waals surface area contributed by atoms with Crippen molar-refractivity contribution in [2.24, 2.45) is 0 Å². The Balaban J connectivity index is 1.87. The number of aromatic nitrogens is 4. The monoisotopic (exact) mass is 343 g/mol. The van der Waals surface area contributed by atoms with E-state index in [1.807, 2.05) is 60.0 Å². The third-order valence-corrected chi connectivity index (χ3v) is 4.06. The van der Waals surface area contributed by atoms with Crippen LogP contribution in [-0.4, -0.2) is 25.3 Å². The average Bonchev–Trinajstić information content (AvgIpc) is 3.03. The Morgan fingerprint density at radius 3 is 2.77 bits per heavy atom. The van der Waals surface area contributed by atoms with Crippen LogP contribution in [0, 0.1) is 6.92 Å². The number of anilines is 1. The maximum absolute atomic E-state index is 11.4. The average molecular weight is 343 g/mol. The van der Waals surface area contributed by atoms with Crippen LogP contribution < -0.4 is 5.32 Å². The third-order valence-electron chi connectivity index (χ3n) is 4.06. The van der Waals surface area contributed by atoms with Crippen molar-refractivity contribution in [3.05, 3.63) is 66.7 Å². The van der Waals surface area contributed by atoms with Crippen LogP contribution >= 0.6 is 0 Å². The quantitative estimate of drug-likeness (QED) is 0.615. The lowest BCUT2D eigenvalue weighted by molar-refractivity contribution is -0.114. The highest BCUT2D eigenvalue weighted by Gasteiger charge is 2.12. The van der Waals surface area contributed by atoms with Crippen LogP contribution in [0.1, 0.15) is 12.6 Å². The number of amides is 1. The number of aryl methyl sites for hydroxylation is 1. The van der Waals surface area contributed by atoms with Gasteiger partial charge in [0.25, 0.3) is 0 Å². The predicted molar refractivity (Wildman–Crippen MR) is 101 cm³/mol. The van der Waals surface area contributed by atoms with Gasteiger partial charge in [0.1, 0.15) is 11.5 Å². The van der Waals surface area contributed by atoms with Gasteiger partial charge >= 0.3 is 0 Å². The van der Waals surface area contributed by atoms with E-state index in [0.29, 0.717) is 5.82 Å². The molecule has 0 aromatic carbocycles. The van der Waals surface area contributed by atoms with Gasteiger partial charge in [-0.2, -0.15) is 0 Å². The Morgan fingerprint density at radius 1 is 1.08 bits per heavy atom. The lowest BCUT2D eigenvalue weighted by Gasteiger charge is -2.10. The van der Waals surface area contributed by atoms with Gasteiger partial charge in [-0.05, 0) is 37.3 Å². The predicted octanol–water partition coefficient (Wildman–Crippen LogP) is 3.73. The molecular formula is C20H17N5O. The zero-order chi connectivity index (χ0) is 18.1. The summed E-state index contributed by atoms with van der Waals surface area (Å²) >= 11 is 0. The molecule has 6 nitrogen and oxygen atoms in total. The number of nitrogens with zero attached hydrogens (tertiary/aromatic N) is 4. The van der Waals surface area contributed by atoms with Crippen molar-refractivity contribution in [2.45, 2.75) is 13.8 Å². The molecule has 0 aliphatic rings. The standard InChI is InChI=1S/C20H17N5O/c1-13-5-3-7-17(23-13)20-16(6-4-10-21-20)15-8-9-18-22-11-19(24-14(2)26)25(18)12-15/h3-12H,1-2H3,(H,24,26). The van der Waals surface area contributed by atoms with E-state index in [4.69, 9.17) is 0 Å². The molecular weight excluding hydrogens is 326 g/mol. The van der Waals surface area contributed by atoms with Gasteiger partial charge in [-0.1, -0.05) is 12.1 Å². The van der Waals surface area contributed by atoms with Gasteiger partial charge in [0.2, 0.25) is 5.91 Å². The first-order valence-corrected chi connectivity index (χ1v) is 8.26. The van der Waals surface area contributed by atoms with Gasteiger partial charge in [0.15, 0.2) is 0 Å². The van der Waals surface area contributed by atoms with E-state index in [1.165, 1.54) is 6.92 Å². The van der Waals surface area contributed by atoms with Crippen LogP contribution in [0.3, 0.4) is 0 Å². The number of nitrogens with one attached hydrogen (secondary N) is 1. The molecule has 0 spiro atoms. The van der Waals surface area contributed by atoms with Gasteiger partial charge in [0.05, 0.1) is 17.6 Å². The number of pyridine rings is 3. The molecule has 4 rings (SSSR count). The number of hydrogen-bond donors (Lipinski definition) is 1. The molecule has 0 saturated carbocycles. The largest absolute Gasteiger partial charge is 0.311 e. The molecule has 0 aliphatic carbocycles. The lowest BCUT2D eigenvalue weighted by atomic mass is 10.0. The SMILES string of the molecule is CC(=O)Nc1cnc2ccc(-c3cccnc3-c3cccc(C)n3)cn12. The van der Waals surface area contributed by atoms with E-state index < -0.39 is 0 Å². The summed E-state index contributed by atoms with van der Waals surface area (Å²) in [5, 5.41) is 2.79. The van der Waals surface area contributed by atoms with E-state index in [9.17, 15) is 4.79 Å². The van der Waals surface area contributed by atoms with E-state index in [1.54, 1.807) is 12.4 Å². The van der Waals surface area contributed by atoms with Crippen LogP contribution in [-0.2, 0) is 4.79 Å². The Morgan fingerprint density at radius 2 is 1.96 bits per heavy atom. The molecule has 4 aromatic heterocycles. The molecule has 0 saturated heterocycles. The van der Waals surface area contributed by atoms with Crippen molar-refractivity contribution >= 4 is 17.4 Å². The Hall–Kier alpha value is -3.54. The van der Waals surface area contributed by atoms with Crippen LogP contribution in [0.5, 0.6) is 0 Å². The summed E-state index contributed by atoms with van der Waals surface area (Å²) < 4.78 is 1.86. The highest BCUT2D eigenvalue weighted by atomic mass is 16.1. The zero-order valence-corrected chi connectivity index (χ0v) is 14.5. The van der Waals surface area contributed by atoms with Crippen LogP contribution in [0.4, 0.5) is 5.82 Å². The van der Waals surface area contributed by atoms with Gasteiger partial charge in [0, 0.05) is 36.1 Å². The summed E-state index contributed by atoms with van der Waals surface area (Å²) in [6, 6.07) is 13.7. The highest BCUT2D eigenvalue weighted by Crippen LogP contribution is 2.30. The number of carbonyl (C=O) groups is 1. The minimum absolute atomic E-state index is 0.136. The first kappa shape index (κ1) is 16.0. The number of carbonyl (C=O) groups excluding carboxylic acids is 1. The maximum atomic E-state index is 11.4. The summed E-state index contributed by atoms with van der Waals surface area (Å²) in [4.78, 5) is 24.9. The van der Waals surface area contributed by atoms with Crippen LogP contribution in [0.25, 0.3) is 28.2 Å². The van der Waals surface area contributed by atoms with Crippen molar-refractivity contribution in [1.82, 2.24) is 19.4 Å². The van der Waals surface area contributed by atoms with Crippen molar-refractivity contribution < 1.29 is 4.79 Å². The molecule has 128 valence electrons. The maximum Gasteiger partial charge on any atom is 0.222 e. The lowest BCUT2D eigenvalue weighted by Crippen LogP contribution is -2.07. The Bertz CT molecular complexity index is 1120.